The van der Waals surface area contributed by atoms with Crippen LogP contribution in [0, 0.1) is 18.3 Å². The van der Waals surface area contributed by atoms with Crippen molar-refractivity contribution in [1.29, 1.82) is 5.26 Å². The van der Waals surface area contributed by atoms with Crippen molar-refractivity contribution < 1.29 is 4.74 Å². The van der Waals surface area contributed by atoms with Gasteiger partial charge in [0.25, 0.3) is 0 Å². The van der Waals surface area contributed by atoms with E-state index in [0.29, 0.717) is 23.6 Å². The maximum atomic E-state index is 8.70. The number of hydrogen-bond donors (Lipinski definition) is 1. The molecule has 0 heterocycles. The summed E-state index contributed by atoms with van der Waals surface area (Å²) in [5.41, 5.74) is 9.27. The molecular weight excluding hydrogens is 224 g/mol. The van der Waals surface area contributed by atoms with Crippen molar-refractivity contribution in [2.45, 2.75) is 13.5 Å². The summed E-state index contributed by atoms with van der Waals surface area (Å²) in [4.78, 5) is 0. The highest BCUT2D eigenvalue weighted by molar-refractivity contribution is 5.54. The Morgan fingerprint density at radius 2 is 1.89 bits per heavy atom. The number of anilines is 1. The van der Waals surface area contributed by atoms with Gasteiger partial charge in [0, 0.05) is 0 Å². The predicted molar refractivity (Wildman–Crippen MR) is 71.1 cm³/mol. The molecule has 3 nitrogen and oxygen atoms in total. The summed E-state index contributed by atoms with van der Waals surface area (Å²) in [7, 11) is 0. The lowest BCUT2D eigenvalue weighted by molar-refractivity contribution is 0.308. The summed E-state index contributed by atoms with van der Waals surface area (Å²) in [5, 5.41) is 8.70. The van der Waals surface area contributed by atoms with Crippen molar-refractivity contribution in [2.24, 2.45) is 0 Å². The molecule has 0 radical (unpaired) electrons. The van der Waals surface area contributed by atoms with Crippen molar-refractivity contribution in [1.82, 2.24) is 0 Å². The van der Waals surface area contributed by atoms with E-state index in [2.05, 4.69) is 6.07 Å². The van der Waals surface area contributed by atoms with E-state index in [0.717, 1.165) is 11.1 Å². The van der Waals surface area contributed by atoms with Crippen LogP contribution in [0.3, 0.4) is 0 Å². The minimum absolute atomic E-state index is 0.443. The van der Waals surface area contributed by atoms with E-state index in [4.69, 9.17) is 15.7 Å². The number of rotatable bonds is 3. The monoisotopic (exact) mass is 238 g/mol. The summed E-state index contributed by atoms with van der Waals surface area (Å²) < 4.78 is 5.64. The molecule has 90 valence electrons. The SMILES string of the molecule is Cc1ccc(OCc2ccc(C#N)cc2)c(N)c1. The lowest BCUT2D eigenvalue weighted by Crippen LogP contribution is -1.99. The third-order valence-electron chi connectivity index (χ3n) is 2.64. The summed E-state index contributed by atoms with van der Waals surface area (Å²) in [5.74, 6) is 0.685. The van der Waals surface area contributed by atoms with E-state index >= 15 is 0 Å². The normalized spacial score (nSPS) is 9.78. The third-order valence-corrected chi connectivity index (χ3v) is 2.64. The van der Waals surface area contributed by atoms with E-state index in [1.807, 2.05) is 37.3 Å². The van der Waals surface area contributed by atoms with Crippen LogP contribution in [0.25, 0.3) is 0 Å². The average molecular weight is 238 g/mol. The van der Waals surface area contributed by atoms with E-state index in [1.54, 1.807) is 12.1 Å². The Morgan fingerprint density at radius 1 is 1.17 bits per heavy atom. The largest absolute Gasteiger partial charge is 0.487 e. The van der Waals surface area contributed by atoms with Crippen LogP contribution in [0.4, 0.5) is 5.69 Å². The summed E-state index contributed by atoms with van der Waals surface area (Å²) >= 11 is 0. The fourth-order valence-electron chi connectivity index (χ4n) is 1.64. The number of nitrogens with zero attached hydrogens (tertiary/aromatic N) is 1. The molecule has 0 aliphatic heterocycles. The number of nitrogens with two attached hydrogens (primary N) is 1. The topological polar surface area (TPSA) is 59.0 Å². The van der Waals surface area contributed by atoms with Gasteiger partial charge in [0.2, 0.25) is 0 Å². The Labute approximate surface area is 106 Å². The summed E-state index contributed by atoms with van der Waals surface area (Å²) in [6.45, 7) is 2.43. The standard InChI is InChI=1S/C15H14N2O/c1-11-2-7-15(14(17)8-11)18-10-13-5-3-12(9-16)4-6-13/h2-8H,10,17H2,1H3. The van der Waals surface area contributed by atoms with Gasteiger partial charge in [-0.05, 0) is 42.3 Å². The molecule has 0 amide bonds. The van der Waals surface area contributed by atoms with Gasteiger partial charge in [-0.3, -0.25) is 0 Å². The van der Waals surface area contributed by atoms with Gasteiger partial charge in [0.1, 0.15) is 12.4 Å². The molecular formula is C15H14N2O. The van der Waals surface area contributed by atoms with Crippen LogP contribution in [0.5, 0.6) is 5.75 Å². The summed E-state index contributed by atoms with van der Waals surface area (Å²) in [6.07, 6.45) is 0. The lowest BCUT2D eigenvalue weighted by atomic mass is 10.1. The second-order valence-electron chi connectivity index (χ2n) is 4.14. The van der Waals surface area contributed by atoms with Crippen molar-refractivity contribution in [3.05, 3.63) is 59.2 Å². The lowest BCUT2D eigenvalue weighted by Gasteiger charge is -2.09. The fraction of sp³-hybridized carbons (Fsp3) is 0.133. The predicted octanol–water partition coefficient (Wildman–Crippen LogP) is 3.03. The maximum absolute atomic E-state index is 8.70. The Kier molecular flexibility index (Phi) is 3.49. The molecule has 0 aliphatic carbocycles. The Hall–Kier alpha value is -2.47. The first-order valence-electron chi connectivity index (χ1n) is 5.67. The first kappa shape index (κ1) is 12.0. The van der Waals surface area contributed by atoms with Crippen LogP contribution in [0.1, 0.15) is 16.7 Å². The second kappa shape index (κ2) is 5.24. The molecule has 0 spiro atoms. The second-order valence-corrected chi connectivity index (χ2v) is 4.14. The van der Waals surface area contributed by atoms with Crippen molar-refractivity contribution >= 4 is 5.69 Å². The van der Waals surface area contributed by atoms with Crippen LogP contribution in [0.2, 0.25) is 0 Å². The third kappa shape index (κ3) is 2.80. The van der Waals surface area contributed by atoms with Gasteiger partial charge in [-0.1, -0.05) is 18.2 Å². The van der Waals surface area contributed by atoms with Crippen molar-refractivity contribution in [3.8, 4) is 11.8 Å². The Balaban J connectivity index is 2.04. The van der Waals surface area contributed by atoms with Gasteiger partial charge in [-0.25, -0.2) is 0 Å². The molecule has 2 aromatic rings. The molecule has 2 rings (SSSR count). The van der Waals surface area contributed by atoms with Crippen LogP contribution >= 0.6 is 0 Å². The highest BCUT2D eigenvalue weighted by atomic mass is 16.5. The van der Waals surface area contributed by atoms with Gasteiger partial charge in [0.05, 0.1) is 17.3 Å². The molecule has 2 N–H and O–H groups in total. The van der Waals surface area contributed by atoms with Crippen LogP contribution in [-0.4, -0.2) is 0 Å². The molecule has 0 saturated carbocycles. The number of nitrogen functional groups attached to an aromatic ring is 1. The van der Waals surface area contributed by atoms with Crippen LogP contribution in [-0.2, 0) is 6.61 Å². The minimum Gasteiger partial charge on any atom is -0.487 e. The first-order valence-corrected chi connectivity index (χ1v) is 5.67. The van der Waals surface area contributed by atoms with Crippen LogP contribution in [0.15, 0.2) is 42.5 Å². The summed E-state index contributed by atoms with van der Waals surface area (Å²) in [6, 6.07) is 15.1. The minimum atomic E-state index is 0.443. The number of nitriles is 1. The zero-order valence-electron chi connectivity index (χ0n) is 10.2. The highest BCUT2D eigenvalue weighted by Gasteiger charge is 2.01. The van der Waals surface area contributed by atoms with Gasteiger partial charge in [-0.15, -0.1) is 0 Å². The quantitative estimate of drug-likeness (QED) is 0.836. The molecule has 0 unspecified atom stereocenters. The van der Waals surface area contributed by atoms with E-state index in [1.165, 1.54) is 0 Å². The van der Waals surface area contributed by atoms with E-state index < -0.39 is 0 Å². The zero-order chi connectivity index (χ0) is 13.0. The number of hydrogen-bond acceptors (Lipinski definition) is 3. The highest BCUT2D eigenvalue weighted by Crippen LogP contribution is 2.23. The molecule has 0 fully saturated rings. The molecule has 2 aromatic carbocycles. The number of benzene rings is 2. The molecule has 0 aromatic heterocycles. The molecule has 0 aliphatic rings. The van der Waals surface area contributed by atoms with E-state index in [9.17, 15) is 0 Å². The average Bonchev–Trinajstić information content (AvgIpc) is 2.38. The number of ether oxygens (including phenoxy) is 1. The zero-order valence-corrected chi connectivity index (χ0v) is 10.2. The Bertz CT molecular complexity index is 582. The van der Waals surface area contributed by atoms with Gasteiger partial charge in [-0.2, -0.15) is 5.26 Å². The molecule has 0 atom stereocenters. The van der Waals surface area contributed by atoms with E-state index in [-0.39, 0.29) is 0 Å². The van der Waals surface area contributed by atoms with Gasteiger partial charge < -0.3 is 10.5 Å². The molecule has 0 bridgehead atoms. The molecule has 18 heavy (non-hydrogen) atoms. The molecule has 3 heteroatoms. The van der Waals surface area contributed by atoms with Crippen LogP contribution < -0.4 is 10.5 Å². The first-order chi connectivity index (χ1) is 8.69. The van der Waals surface area contributed by atoms with Crippen molar-refractivity contribution in [3.63, 3.8) is 0 Å². The van der Waals surface area contributed by atoms with Gasteiger partial charge >= 0.3 is 0 Å². The van der Waals surface area contributed by atoms with Gasteiger partial charge in [0.15, 0.2) is 0 Å². The maximum Gasteiger partial charge on any atom is 0.142 e. The molecule has 0 saturated heterocycles. The van der Waals surface area contributed by atoms with Crippen molar-refractivity contribution in [2.75, 3.05) is 5.73 Å². The fourth-order valence-corrected chi connectivity index (χ4v) is 1.64. The number of aryl methyl sites for hydroxylation is 1. The Morgan fingerprint density at radius 3 is 2.50 bits per heavy atom. The smallest absolute Gasteiger partial charge is 0.142 e.